The molecule has 2 rings (SSSR count). The molecule has 0 radical (unpaired) electrons. The first kappa shape index (κ1) is 20.2. The molecule has 2 aromatic rings. The van der Waals surface area contributed by atoms with Crippen LogP contribution in [0.2, 0.25) is 0 Å². The van der Waals surface area contributed by atoms with Crippen LogP contribution in [0.1, 0.15) is 32.4 Å². The molecule has 1 aromatic heterocycles. The lowest BCUT2D eigenvalue weighted by Gasteiger charge is -2.14. The van der Waals surface area contributed by atoms with Gasteiger partial charge in [0.15, 0.2) is 0 Å². The quantitative estimate of drug-likeness (QED) is 0.690. The molecule has 1 heterocycles. The second kappa shape index (κ2) is 10.1. The van der Waals surface area contributed by atoms with Gasteiger partial charge in [-0.15, -0.1) is 0 Å². The Bertz CT molecular complexity index is 831. The fourth-order valence-corrected chi connectivity index (χ4v) is 2.58. The Morgan fingerprint density at radius 1 is 1.19 bits per heavy atom. The van der Waals surface area contributed by atoms with E-state index in [0.717, 1.165) is 23.2 Å². The SMILES string of the molecule is C/C=C\CCC(=O)Nc1cc(NC(=O)OC)ccc1-c1ccnc(CC)c1. The molecular weight excluding hydrogens is 342 g/mol. The fourth-order valence-electron chi connectivity index (χ4n) is 2.58. The van der Waals surface area contributed by atoms with Gasteiger partial charge in [-0.3, -0.25) is 15.1 Å². The number of amides is 2. The molecule has 27 heavy (non-hydrogen) atoms. The van der Waals surface area contributed by atoms with Crippen LogP contribution in [-0.4, -0.2) is 24.1 Å². The molecule has 2 N–H and O–H groups in total. The lowest BCUT2D eigenvalue weighted by Crippen LogP contribution is -2.14. The number of methoxy groups -OCH3 is 1. The van der Waals surface area contributed by atoms with Crippen LogP contribution in [0.15, 0.2) is 48.7 Å². The minimum absolute atomic E-state index is 0.0886. The summed E-state index contributed by atoms with van der Waals surface area (Å²) in [5.74, 6) is -0.0886. The largest absolute Gasteiger partial charge is 0.453 e. The van der Waals surface area contributed by atoms with Gasteiger partial charge >= 0.3 is 6.09 Å². The molecule has 1 aromatic carbocycles. The predicted molar refractivity (Wildman–Crippen MR) is 108 cm³/mol. The molecular formula is C21H25N3O3. The summed E-state index contributed by atoms with van der Waals surface area (Å²) in [5, 5.41) is 5.57. The number of ether oxygens (including phenoxy) is 1. The molecule has 0 fully saturated rings. The van der Waals surface area contributed by atoms with Gasteiger partial charge in [0, 0.05) is 29.6 Å². The van der Waals surface area contributed by atoms with Crippen LogP contribution in [-0.2, 0) is 16.0 Å². The van der Waals surface area contributed by atoms with Gasteiger partial charge in [0.25, 0.3) is 0 Å². The highest BCUT2D eigenvalue weighted by Crippen LogP contribution is 2.31. The number of allylic oxidation sites excluding steroid dienone is 2. The fraction of sp³-hybridized carbons (Fsp3) is 0.286. The van der Waals surface area contributed by atoms with Crippen LogP contribution in [0.3, 0.4) is 0 Å². The van der Waals surface area contributed by atoms with Crippen molar-refractivity contribution >= 4 is 23.4 Å². The molecule has 0 aliphatic rings. The molecule has 6 heteroatoms. The number of pyridine rings is 1. The summed E-state index contributed by atoms with van der Waals surface area (Å²) in [5.41, 5.74) is 3.95. The van der Waals surface area contributed by atoms with Gasteiger partial charge in [-0.25, -0.2) is 4.79 Å². The summed E-state index contributed by atoms with van der Waals surface area (Å²) in [6.07, 6.45) is 6.94. The van der Waals surface area contributed by atoms with Crippen molar-refractivity contribution in [1.82, 2.24) is 4.98 Å². The van der Waals surface area contributed by atoms with Gasteiger partial charge in [-0.2, -0.15) is 0 Å². The second-order valence-corrected chi connectivity index (χ2v) is 5.92. The maximum Gasteiger partial charge on any atom is 0.411 e. The predicted octanol–water partition coefficient (Wildman–Crippen LogP) is 4.78. The van der Waals surface area contributed by atoms with Gasteiger partial charge in [0.1, 0.15) is 0 Å². The van der Waals surface area contributed by atoms with Crippen molar-refractivity contribution in [2.75, 3.05) is 17.7 Å². The number of hydrogen-bond acceptors (Lipinski definition) is 4. The van der Waals surface area contributed by atoms with Crippen molar-refractivity contribution in [2.45, 2.75) is 33.1 Å². The number of aromatic nitrogens is 1. The molecule has 0 saturated carbocycles. The Labute approximate surface area is 159 Å². The van der Waals surface area contributed by atoms with Crippen LogP contribution in [0, 0.1) is 0 Å². The minimum atomic E-state index is -0.565. The van der Waals surface area contributed by atoms with Gasteiger partial charge in [-0.1, -0.05) is 25.1 Å². The maximum atomic E-state index is 12.3. The van der Waals surface area contributed by atoms with Gasteiger partial charge in [-0.05, 0) is 49.6 Å². The number of hydrogen-bond donors (Lipinski definition) is 2. The van der Waals surface area contributed by atoms with Crippen molar-refractivity contribution in [3.8, 4) is 11.1 Å². The Kier molecular flexibility index (Phi) is 7.55. The lowest BCUT2D eigenvalue weighted by molar-refractivity contribution is -0.116. The highest BCUT2D eigenvalue weighted by atomic mass is 16.5. The number of carbonyl (C=O) groups is 2. The average Bonchev–Trinajstić information content (AvgIpc) is 2.68. The normalized spacial score (nSPS) is 10.6. The number of carbonyl (C=O) groups excluding carboxylic acids is 2. The van der Waals surface area contributed by atoms with Gasteiger partial charge in [0.05, 0.1) is 12.8 Å². The molecule has 0 saturated heterocycles. The topological polar surface area (TPSA) is 80.3 Å². The minimum Gasteiger partial charge on any atom is -0.453 e. The number of nitrogens with zero attached hydrogens (tertiary/aromatic N) is 1. The van der Waals surface area contributed by atoms with E-state index in [-0.39, 0.29) is 5.91 Å². The second-order valence-electron chi connectivity index (χ2n) is 5.92. The highest BCUT2D eigenvalue weighted by molar-refractivity contribution is 5.97. The summed E-state index contributed by atoms with van der Waals surface area (Å²) in [6, 6.07) is 9.26. The summed E-state index contributed by atoms with van der Waals surface area (Å²) in [7, 11) is 1.30. The summed E-state index contributed by atoms with van der Waals surface area (Å²) < 4.78 is 4.63. The highest BCUT2D eigenvalue weighted by Gasteiger charge is 2.12. The van der Waals surface area contributed by atoms with E-state index in [0.29, 0.717) is 24.2 Å². The van der Waals surface area contributed by atoms with Crippen molar-refractivity contribution in [3.63, 3.8) is 0 Å². The summed E-state index contributed by atoms with van der Waals surface area (Å²) in [4.78, 5) is 28.1. The van der Waals surface area contributed by atoms with E-state index < -0.39 is 6.09 Å². The van der Waals surface area contributed by atoms with Gasteiger partial charge < -0.3 is 10.1 Å². The van der Waals surface area contributed by atoms with E-state index in [9.17, 15) is 9.59 Å². The third-order valence-electron chi connectivity index (χ3n) is 3.99. The molecule has 0 bridgehead atoms. The third-order valence-corrected chi connectivity index (χ3v) is 3.99. The molecule has 0 aliphatic heterocycles. The van der Waals surface area contributed by atoms with E-state index >= 15 is 0 Å². The number of anilines is 2. The third kappa shape index (κ3) is 5.95. The van der Waals surface area contributed by atoms with Crippen LogP contribution < -0.4 is 10.6 Å². The van der Waals surface area contributed by atoms with E-state index in [1.54, 1.807) is 18.3 Å². The van der Waals surface area contributed by atoms with E-state index in [4.69, 9.17) is 0 Å². The van der Waals surface area contributed by atoms with Crippen LogP contribution in [0.4, 0.5) is 16.2 Å². The maximum absolute atomic E-state index is 12.3. The van der Waals surface area contributed by atoms with Crippen molar-refractivity contribution in [3.05, 3.63) is 54.4 Å². The first-order chi connectivity index (χ1) is 13.1. The van der Waals surface area contributed by atoms with Crippen LogP contribution in [0.5, 0.6) is 0 Å². The molecule has 0 aliphatic carbocycles. The van der Waals surface area contributed by atoms with Crippen molar-refractivity contribution in [2.24, 2.45) is 0 Å². The smallest absolute Gasteiger partial charge is 0.411 e. The molecule has 2 amide bonds. The lowest BCUT2D eigenvalue weighted by atomic mass is 10.0. The molecule has 6 nitrogen and oxygen atoms in total. The standard InChI is InChI=1S/C21H25N3O3/c1-4-6-7-8-20(25)24-19-14-17(23-21(26)27-3)9-10-18(19)15-11-12-22-16(5-2)13-15/h4,6,9-14H,5,7-8H2,1-3H3,(H,23,26)(H,24,25)/b6-4-. The molecule has 0 spiro atoms. The zero-order valence-corrected chi connectivity index (χ0v) is 15.9. The Morgan fingerprint density at radius 3 is 2.70 bits per heavy atom. The Morgan fingerprint density at radius 2 is 2.00 bits per heavy atom. The van der Waals surface area contributed by atoms with Crippen LogP contribution in [0.25, 0.3) is 11.1 Å². The van der Waals surface area contributed by atoms with E-state index in [2.05, 4.69) is 20.4 Å². The summed E-state index contributed by atoms with van der Waals surface area (Å²) >= 11 is 0. The Hall–Kier alpha value is -3.15. The number of aryl methyl sites for hydroxylation is 1. The number of rotatable bonds is 7. The van der Waals surface area contributed by atoms with Crippen LogP contribution >= 0.6 is 0 Å². The first-order valence-corrected chi connectivity index (χ1v) is 8.92. The molecule has 0 unspecified atom stereocenters. The summed E-state index contributed by atoms with van der Waals surface area (Å²) in [6.45, 7) is 3.96. The van der Waals surface area contributed by atoms with E-state index in [1.807, 2.05) is 44.2 Å². The monoisotopic (exact) mass is 367 g/mol. The molecule has 0 atom stereocenters. The zero-order chi connectivity index (χ0) is 19.6. The number of benzene rings is 1. The Balaban J connectivity index is 2.35. The zero-order valence-electron chi connectivity index (χ0n) is 15.9. The van der Waals surface area contributed by atoms with Crippen molar-refractivity contribution in [1.29, 1.82) is 0 Å². The molecule has 142 valence electrons. The number of nitrogens with one attached hydrogen (secondary N) is 2. The van der Waals surface area contributed by atoms with E-state index in [1.165, 1.54) is 7.11 Å². The average molecular weight is 367 g/mol. The first-order valence-electron chi connectivity index (χ1n) is 8.92. The van der Waals surface area contributed by atoms with Gasteiger partial charge in [0.2, 0.25) is 5.91 Å². The van der Waals surface area contributed by atoms with Crippen molar-refractivity contribution < 1.29 is 14.3 Å².